The maximum Gasteiger partial charge on any atom is 0.306 e. The lowest BCUT2D eigenvalue weighted by molar-refractivity contribution is -0.155. The van der Waals surface area contributed by atoms with Crippen molar-refractivity contribution in [1.29, 1.82) is 0 Å². The van der Waals surface area contributed by atoms with Gasteiger partial charge in [0.15, 0.2) is 11.5 Å². The minimum Gasteiger partial charge on any atom is -0.492 e. The normalized spacial score (nSPS) is 11.3. The summed E-state index contributed by atoms with van der Waals surface area (Å²) in [5, 5.41) is 8.19. The van der Waals surface area contributed by atoms with E-state index >= 15 is 0 Å². The Morgan fingerprint density at radius 2 is 1.83 bits per heavy atom. The van der Waals surface area contributed by atoms with E-state index < -0.39 is 5.60 Å². The number of nitrogens with one attached hydrogen (secondary N) is 1. The Morgan fingerprint density at radius 1 is 1.05 bits per heavy atom. The van der Waals surface area contributed by atoms with Gasteiger partial charge in [-0.3, -0.25) is 14.6 Å². The van der Waals surface area contributed by atoms with Crippen molar-refractivity contribution >= 4 is 28.7 Å². The Hall–Kier alpha value is -4.54. The molecule has 1 amide bonds. The molecule has 41 heavy (non-hydrogen) atoms. The van der Waals surface area contributed by atoms with Crippen LogP contribution in [0.5, 0.6) is 5.75 Å². The van der Waals surface area contributed by atoms with Gasteiger partial charge in [0.2, 0.25) is 5.91 Å². The van der Waals surface area contributed by atoms with E-state index in [0.717, 1.165) is 33.7 Å². The van der Waals surface area contributed by atoms with Gasteiger partial charge in [0, 0.05) is 44.5 Å². The molecule has 0 spiro atoms. The molecule has 0 saturated carbocycles. The van der Waals surface area contributed by atoms with Crippen molar-refractivity contribution in [2.75, 3.05) is 25.1 Å². The molecule has 1 aromatic carbocycles. The highest BCUT2D eigenvalue weighted by Gasteiger charge is 2.18. The van der Waals surface area contributed by atoms with Gasteiger partial charge in [-0.2, -0.15) is 5.10 Å². The monoisotopic (exact) mass is 559 g/mol. The molecule has 1 N–H and O–H groups in total. The van der Waals surface area contributed by atoms with Crippen molar-refractivity contribution in [3.63, 3.8) is 0 Å². The molecule has 0 aliphatic rings. The molecular formula is C30H37N7O4. The SMILES string of the molecule is CCn1ncc2c(N(C)CCOc3ccc(CNC(=O)CCC(=O)OC(C)(C)C)cc3)nc(-c3cccnc3)nc21. The summed E-state index contributed by atoms with van der Waals surface area (Å²) in [5.74, 6) is 1.51. The van der Waals surface area contributed by atoms with Crippen LogP contribution in [0.25, 0.3) is 22.4 Å². The number of hydrogen-bond acceptors (Lipinski definition) is 9. The topological polar surface area (TPSA) is 124 Å². The lowest BCUT2D eigenvalue weighted by Gasteiger charge is -2.20. The van der Waals surface area contributed by atoms with E-state index in [-0.39, 0.29) is 24.7 Å². The van der Waals surface area contributed by atoms with Crippen molar-refractivity contribution in [3.05, 3.63) is 60.6 Å². The number of nitrogens with zero attached hydrogens (tertiary/aromatic N) is 6. The fourth-order valence-electron chi connectivity index (χ4n) is 4.09. The van der Waals surface area contributed by atoms with Gasteiger partial charge in [-0.15, -0.1) is 0 Å². The van der Waals surface area contributed by atoms with Crippen LogP contribution in [0.15, 0.2) is 55.0 Å². The molecule has 4 aromatic rings. The Labute approximate surface area is 239 Å². The summed E-state index contributed by atoms with van der Waals surface area (Å²) in [5.41, 5.74) is 1.98. The average Bonchev–Trinajstić information content (AvgIpc) is 3.38. The number of carbonyl (C=O) groups is 2. The second kappa shape index (κ2) is 13.2. The zero-order valence-electron chi connectivity index (χ0n) is 24.3. The third kappa shape index (κ3) is 8.23. The predicted octanol–water partition coefficient (Wildman–Crippen LogP) is 4.16. The number of carbonyl (C=O) groups excluding carboxylic acids is 2. The van der Waals surface area contributed by atoms with Crippen LogP contribution in [0.2, 0.25) is 0 Å². The molecule has 0 atom stereocenters. The van der Waals surface area contributed by atoms with Crippen molar-refractivity contribution in [1.82, 2.24) is 30.0 Å². The highest BCUT2D eigenvalue weighted by Crippen LogP contribution is 2.27. The number of ether oxygens (including phenoxy) is 2. The number of likely N-dealkylation sites (N-methyl/N-ethyl adjacent to an activating group) is 1. The summed E-state index contributed by atoms with van der Waals surface area (Å²) < 4.78 is 13.1. The van der Waals surface area contributed by atoms with Gasteiger partial charge >= 0.3 is 5.97 Å². The molecule has 11 heteroatoms. The fourth-order valence-corrected chi connectivity index (χ4v) is 4.09. The minimum atomic E-state index is -0.558. The number of aryl methyl sites for hydroxylation is 1. The first-order valence-electron chi connectivity index (χ1n) is 13.7. The van der Waals surface area contributed by atoms with E-state index in [1.807, 2.05) is 60.0 Å². The first-order valence-corrected chi connectivity index (χ1v) is 13.7. The summed E-state index contributed by atoms with van der Waals surface area (Å²) in [6, 6.07) is 11.4. The first-order chi connectivity index (χ1) is 19.6. The van der Waals surface area contributed by atoms with E-state index in [2.05, 4.69) is 15.4 Å². The third-order valence-corrected chi connectivity index (χ3v) is 6.14. The lowest BCUT2D eigenvalue weighted by Crippen LogP contribution is -2.27. The molecule has 0 aliphatic carbocycles. The smallest absolute Gasteiger partial charge is 0.306 e. The van der Waals surface area contributed by atoms with Gasteiger partial charge in [0.05, 0.1) is 24.5 Å². The number of pyridine rings is 1. The van der Waals surface area contributed by atoms with Gasteiger partial charge in [-0.25, -0.2) is 14.6 Å². The Morgan fingerprint density at radius 3 is 2.51 bits per heavy atom. The number of rotatable bonds is 12. The predicted molar refractivity (Wildman–Crippen MR) is 156 cm³/mol. The van der Waals surface area contributed by atoms with Crippen LogP contribution in [0.4, 0.5) is 5.82 Å². The van der Waals surface area contributed by atoms with Crippen molar-refractivity contribution in [3.8, 4) is 17.1 Å². The third-order valence-electron chi connectivity index (χ3n) is 6.14. The van der Waals surface area contributed by atoms with E-state index in [1.165, 1.54) is 0 Å². The minimum absolute atomic E-state index is 0.0522. The van der Waals surface area contributed by atoms with Gasteiger partial charge in [-0.05, 0) is 57.5 Å². The summed E-state index contributed by atoms with van der Waals surface area (Å²) >= 11 is 0. The number of fused-ring (bicyclic) bond motifs is 1. The molecule has 0 radical (unpaired) electrons. The van der Waals surface area contributed by atoms with E-state index in [4.69, 9.17) is 19.4 Å². The van der Waals surface area contributed by atoms with Crippen LogP contribution in [-0.4, -0.2) is 62.4 Å². The molecule has 0 bridgehead atoms. The zero-order valence-corrected chi connectivity index (χ0v) is 24.3. The van der Waals surface area contributed by atoms with Crippen molar-refractivity contribution in [2.45, 2.75) is 59.2 Å². The van der Waals surface area contributed by atoms with E-state index in [1.54, 1.807) is 39.4 Å². The summed E-state index contributed by atoms with van der Waals surface area (Å²) in [6.07, 6.45) is 5.41. The van der Waals surface area contributed by atoms with Crippen LogP contribution in [0.3, 0.4) is 0 Å². The van der Waals surface area contributed by atoms with Crippen LogP contribution in [0.1, 0.15) is 46.1 Å². The number of amides is 1. The van der Waals surface area contributed by atoms with Crippen molar-refractivity contribution in [2.24, 2.45) is 0 Å². The molecule has 0 saturated heterocycles. The Bertz CT molecular complexity index is 1460. The molecule has 4 rings (SSSR count). The number of aromatic nitrogens is 5. The van der Waals surface area contributed by atoms with E-state index in [9.17, 15) is 9.59 Å². The van der Waals surface area contributed by atoms with Gasteiger partial charge in [0.1, 0.15) is 23.8 Å². The molecule has 0 unspecified atom stereocenters. The molecular weight excluding hydrogens is 522 g/mol. The van der Waals surface area contributed by atoms with Crippen LogP contribution < -0.4 is 15.0 Å². The summed E-state index contributed by atoms with van der Waals surface area (Å²) in [6.45, 7) is 9.52. The van der Waals surface area contributed by atoms with E-state index in [0.29, 0.717) is 32.1 Å². The quantitative estimate of drug-likeness (QED) is 0.255. The molecule has 0 aliphatic heterocycles. The lowest BCUT2D eigenvalue weighted by atomic mass is 10.2. The highest BCUT2D eigenvalue weighted by atomic mass is 16.6. The summed E-state index contributed by atoms with van der Waals surface area (Å²) in [7, 11) is 1.97. The van der Waals surface area contributed by atoms with Crippen LogP contribution in [0, 0.1) is 0 Å². The van der Waals surface area contributed by atoms with Gasteiger partial charge < -0.3 is 19.7 Å². The molecule has 216 valence electrons. The van der Waals surface area contributed by atoms with Crippen LogP contribution >= 0.6 is 0 Å². The molecule has 3 heterocycles. The molecule has 11 nitrogen and oxygen atoms in total. The molecule has 0 fully saturated rings. The highest BCUT2D eigenvalue weighted by molar-refractivity contribution is 5.88. The fraction of sp³-hybridized carbons (Fsp3) is 0.400. The number of esters is 1. The van der Waals surface area contributed by atoms with Gasteiger partial charge in [0.25, 0.3) is 0 Å². The van der Waals surface area contributed by atoms with Gasteiger partial charge in [-0.1, -0.05) is 12.1 Å². The van der Waals surface area contributed by atoms with Crippen LogP contribution in [-0.2, 0) is 27.4 Å². The summed E-state index contributed by atoms with van der Waals surface area (Å²) in [4.78, 5) is 39.7. The number of hydrogen-bond donors (Lipinski definition) is 1. The molecule has 3 aromatic heterocycles. The standard InChI is InChI=1S/C30H37N7O4/c1-6-37-29-24(20-33-37)28(34-27(35-29)22-8-7-15-31-19-22)36(5)16-17-40-23-11-9-21(10-12-23)18-32-25(38)13-14-26(39)41-30(2,3)4/h7-12,15,19-20H,6,13-14,16-18H2,1-5H3,(H,32,38). The first kappa shape index (κ1) is 29.4. The Balaban J connectivity index is 1.30. The maximum absolute atomic E-state index is 12.1. The zero-order chi connectivity index (χ0) is 29.4. The largest absolute Gasteiger partial charge is 0.492 e. The van der Waals surface area contributed by atoms with Crippen molar-refractivity contribution < 1.29 is 19.1 Å². The number of benzene rings is 1. The second-order valence-electron chi connectivity index (χ2n) is 10.6. The Kier molecular flexibility index (Phi) is 9.49. The second-order valence-corrected chi connectivity index (χ2v) is 10.6. The number of anilines is 1. The average molecular weight is 560 g/mol. The maximum atomic E-state index is 12.1.